The van der Waals surface area contributed by atoms with E-state index in [1.165, 1.54) is 38.0 Å². The Balaban J connectivity index is 1.74. The normalized spacial score (nSPS) is 29.1. The topological polar surface area (TPSA) is 19.4 Å². The number of fused-ring (bicyclic) bond motifs is 1. The van der Waals surface area contributed by atoms with Crippen molar-refractivity contribution >= 4 is 21.6 Å². The monoisotopic (exact) mass is 309 g/mol. The van der Waals surface area contributed by atoms with Crippen LogP contribution in [0.5, 0.6) is 0 Å². The van der Waals surface area contributed by atoms with Crippen molar-refractivity contribution in [1.82, 2.24) is 9.88 Å². The maximum atomic E-state index is 4.28. The fourth-order valence-corrected chi connectivity index (χ4v) is 3.81. The van der Waals surface area contributed by atoms with Gasteiger partial charge in [-0.05, 0) is 60.8 Å². The van der Waals surface area contributed by atoms with Crippen molar-refractivity contribution in [3.63, 3.8) is 0 Å². The van der Waals surface area contributed by atoms with Crippen molar-refractivity contribution in [3.05, 3.63) is 22.9 Å². The van der Waals surface area contributed by atoms with Crippen molar-refractivity contribution in [2.45, 2.75) is 25.3 Å². The molecule has 2 unspecified atom stereocenters. The van der Waals surface area contributed by atoms with Crippen LogP contribution in [0.25, 0.3) is 0 Å². The molecule has 4 heteroatoms. The number of rotatable bonds is 1. The van der Waals surface area contributed by atoms with Gasteiger partial charge in [0.1, 0.15) is 0 Å². The van der Waals surface area contributed by atoms with Crippen molar-refractivity contribution in [2.24, 2.45) is 5.92 Å². The lowest BCUT2D eigenvalue weighted by Crippen LogP contribution is -2.52. The highest BCUT2D eigenvalue weighted by Crippen LogP contribution is 2.32. The van der Waals surface area contributed by atoms with Crippen molar-refractivity contribution < 1.29 is 0 Å². The van der Waals surface area contributed by atoms with Crippen LogP contribution in [0.1, 0.15) is 19.3 Å². The third kappa shape index (κ3) is 2.41. The summed E-state index contributed by atoms with van der Waals surface area (Å²) >= 11 is 3.51. The van der Waals surface area contributed by atoms with Gasteiger partial charge in [0, 0.05) is 29.8 Å². The molecule has 0 aromatic carbocycles. The molecule has 2 atom stereocenters. The summed E-state index contributed by atoms with van der Waals surface area (Å²) < 4.78 is 1.07. The molecule has 1 aromatic heterocycles. The lowest BCUT2D eigenvalue weighted by atomic mass is 9.84. The molecule has 2 saturated heterocycles. The number of halogens is 1. The summed E-state index contributed by atoms with van der Waals surface area (Å²) in [4.78, 5) is 9.34. The van der Waals surface area contributed by atoms with E-state index in [1.807, 2.05) is 12.4 Å². The summed E-state index contributed by atoms with van der Waals surface area (Å²) in [6, 6.07) is 2.98. The molecule has 3 rings (SSSR count). The van der Waals surface area contributed by atoms with Crippen LogP contribution in [-0.2, 0) is 0 Å². The standard InChI is InChI=1S/C14H20BrN3/c1-17-5-2-3-11-10-18(6-4-14(11)17)13-7-12(15)8-16-9-13/h7-9,11,14H,2-6,10H2,1H3. The molecule has 3 nitrogen and oxygen atoms in total. The lowest BCUT2D eigenvalue weighted by molar-refractivity contribution is 0.102. The van der Waals surface area contributed by atoms with Gasteiger partial charge in [-0.2, -0.15) is 0 Å². The number of hydrogen-bond donors (Lipinski definition) is 0. The molecule has 0 radical (unpaired) electrons. The molecular weight excluding hydrogens is 290 g/mol. The second-order valence-corrected chi connectivity index (χ2v) is 6.46. The van der Waals surface area contributed by atoms with Gasteiger partial charge in [0.25, 0.3) is 0 Å². The van der Waals surface area contributed by atoms with Crippen LogP contribution in [0.2, 0.25) is 0 Å². The number of nitrogens with zero attached hydrogens (tertiary/aromatic N) is 3. The molecular formula is C14H20BrN3. The Hall–Kier alpha value is -0.610. The van der Waals surface area contributed by atoms with E-state index in [4.69, 9.17) is 0 Å². The number of aromatic nitrogens is 1. The smallest absolute Gasteiger partial charge is 0.0564 e. The molecule has 0 spiro atoms. The van der Waals surface area contributed by atoms with Gasteiger partial charge in [-0.15, -0.1) is 0 Å². The van der Waals surface area contributed by atoms with E-state index in [9.17, 15) is 0 Å². The van der Waals surface area contributed by atoms with E-state index >= 15 is 0 Å². The van der Waals surface area contributed by atoms with Gasteiger partial charge in [-0.1, -0.05) is 0 Å². The second kappa shape index (κ2) is 5.17. The fourth-order valence-electron chi connectivity index (χ4n) is 3.46. The van der Waals surface area contributed by atoms with Crippen LogP contribution in [0, 0.1) is 5.92 Å². The average Bonchev–Trinajstić information content (AvgIpc) is 2.39. The molecule has 0 aliphatic carbocycles. The van der Waals surface area contributed by atoms with Gasteiger partial charge in [0.15, 0.2) is 0 Å². The van der Waals surface area contributed by atoms with Gasteiger partial charge in [-0.25, -0.2) is 0 Å². The van der Waals surface area contributed by atoms with E-state index in [1.54, 1.807) is 0 Å². The number of likely N-dealkylation sites (tertiary alicyclic amines) is 1. The summed E-state index contributed by atoms with van der Waals surface area (Å²) in [5.74, 6) is 0.830. The zero-order valence-corrected chi connectivity index (χ0v) is 12.4. The summed E-state index contributed by atoms with van der Waals surface area (Å²) in [7, 11) is 2.28. The molecule has 2 aliphatic rings. The first-order valence-electron chi connectivity index (χ1n) is 6.80. The molecule has 0 amide bonds. The van der Waals surface area contributed by atoms with Gasteiger partial charge in [0.2, 0.25) is 0 Å². The van der Waals surface area contributed by atoms with Gasteiger partial charge < -0.3 is 9.80 Å². The number of anilines is 1. The average molecular weight is 310 g/mol. The Morgan fingerprint density at radius 3 is 3.00 bits per heavy atom. The quantitative estimate of drug-likeness (QED) is 0.795. The van der Waals surface area contributed by atoms with Gasteiger partial charge >= 0.3 is 0 Å². The Labute approximate surface area is 117 Å². The first-order valence-corrected chi connectivity index (χ1v) is 7.59. The minimum atomic E-state index is 0.801. The third-order valence-electron chi connectivity index (χ3n) is 4.40. The first kappa shape index (κ1) is 12.4. The summed E-state index contributed by atoms with van der Waals surface area (Å²) in [5.41, 5.74) is 1.26. The van der Waals surface area contributed by atoms with E-state index < -0.39 is 0 Å². The van der Waals surface area contributed by atoms with Crippen LogP contribution in [0.15, 0.2) is 22.9 Å². The molecule has 1 aromatic rings. The maximum Gasteiger partial charge on any atom is 0.0564 e. The van der Waals surface area contributed by atoms with E-state index in [0.717, 1.165) is 23.0 Å². The summed E-state index contributed by atoms with van der Waals surface area (Å²) in [6.45, 7) is 3.62. The third-order valence-corrected chi connectivity index (χ3v) is 4.83. The van der Waals surface area contributed by atoms with Crippen molar-refractivity contribution in [3.8, 4) is 0 Å². The van der Waals surface area contributed by atoms with Gasteiger partial charge in [0.05, 0.1) is 11.9 Å². The van der Waals surface area contributed by atoms with E-state index in [0.29, 0.717) is 0 Å². The molecule has 2 aliphatic heterocycles. The first-order chi connectivity index (χ1) is 8.74. The highest BCUT2D eigenvalue weighted by atomic mass is 79.9. The highest BCUT2D eigenvalue weighted by Gasteiger charge is 2.34. The van der Waals surface area contributed by atoms with Crippen molar-refractivity contribution in [2.75, 3.05) is 31.6 Å². The number of pyridine rings is 1. The van der Waals surface area contributed by atoms with Crippen LogP contribution in [-0.4, -0.2) is 42.6 Å². The predicted molar refractivity (Wildman–Crippen MR) is 77.9 cm³/mol. The summed E-state index contributed by atoms with van der Waals surface area (Å²) in [5, 5.41) is 0. The number of hydrogen-bond acceptors (Lipinski definition) is 3. The molecule has 18 heavy (non-hydrogen) atoms. The van der Waals surface area contributed by atoms with Crippen LogP contribution < -0.4 is 4.90 Å². The Kier molecular flexibility index (Phi) is 3.57. The highest BCUT2D eigenvalue weighted by molar-refractivity contribution is 9.10. The lowest BCUT2D eigenvalue weighted by Gasteiger charge is -2.46. The Morgan fingerprint density at radius 1 is 1.28 bits per heavy atom. The van der Waals surface area contributed by atoms with Crippen LogP contribution >= 0.6 is 15.9 Å². The van der Waals surface area contributed by atoms with Crippen LogP contribution in [0.3, 0.4) is 0 Å². The zero-order valence-electron chi connectivity index (χ0n) is 10.8. The fraction of sp³-hybridized carbons (Fsp3) is 0.643. The molecule has 3 heterocycles. The van der Waals surface area contributed by atoms with E-state index in [-0.39, 0.29) is 0 Å². The largest absolute Gasteiger partial charge is 0.370 e. The molecule has 0 bridgehead atoms. The minimum absolute atomic E-state index is 0.801. The number of piperidine rings is 2. The Bertz CT molecular complexity index is 423. The molecule has 2 fully saturated rings. The predicted octanol–water partition coefficient (Wildman–Crippen LogP) is 2.76. The van der Waals surface area contributed by atoms with Gasteiger partial charge in [-0.3, -0.25) is 4.98 Å². The Morgan fingerprint density at radius 2 is 2.17 bits per heavy atom. The van der Waals surface area contributed by atoms with Crippen molar-refractivity contribution in [1.29, 1.82) is 0 Å². The molecule has 98 valence electrons. The second-order valence-electron chi connectivity index (χ2n) is 5.55. The SMILES string of the molecule is CN1CCCC2CN(c3cncc(Br)c3)CCC21. The maximum absolute atomic E-state index is 4.28. The zero-order chi connectivity index (χ0) is 12.5. The van der Waals surface area contributed by atoms with E-state index in [2.05, 4.69) is 43.8 Å². The summed E-state index contributed by atoms with van der Waals surface area (Å²) in [6.07, 6.45) is 7.85. The molecule has 0 saturated carbocycles. The molecule has 0 N–H and O–H groups in total. The van der Waals surface area contributed by atoms with Crippen LogP contribution in [0.4, 0.5) is 5.69 Å². The minimum Gasteiger partial charge on any atom is -0.370 e.